The second-order valence-electron chi connectivity index (χ2n) is 5.29. The van der Waals surface area contributed by atoms with E-state index in [4.69, 9.17) is 18.6 Å². The summed E-state index contributed by atoms with van der Waals surface area (Å²) in [7, 11) is 4.51. The van der Waals surface area contributed by atoms with Crippen molar-refractivity contribution in [1.82, 2.24) is 10.2 Å². The molecule has 0 saturated heterocycles. The highest BCUT2D eigenvalue weighted by Gasteiger charge is 2.18. The number of halogens is 2. The Balaban J connectivity index is 1.82. The number of aromatic nitrogens is 2. The maximum atomic E-state index is 13.7. The quantitative estimate of drug-likeness (QED) is 0.553. The molecule has 0 amide bonds. The molecule has 0 aliphatic rings. The van der Waals surface area contributed by atoms with Gasteiger partial charge in [0.15, 0.2) is 23.1 Å². The molecule has 0 unspecified atom stereocenters. The lowest BCUT2D eigenvalue weighted by molar-refractivity contribution is 0.324. The molecule has 0 saturated carbocycles. The van der Waals surface area contributed by atoms with E-state index in [1.807, 2.05) is 0 Å². The van der Waals surface area contributed by atoms with Crippen molar-refractivity contribution in [1.29, 1.82) is 0 Å². The molecule has 0 radical (unpaired) electrons. The second-order valence-corrected chi connectivity index (χ2v) is 6.22. The Kier molecular flexibility index (Phi) is 5.80. The van der Waals surface area contributed by atoms with Crippen LogP contribution in [0.15, 0.2) is 40.0 Å². The topological polar surface area (TPSA) is 66.6 Å². The van der Waals surface area contributed by atoms with E-state index in [1.165, 1.54) is 33.5 Å². The molecule has 9 heteroatoms. The largest absolute Gasteiger partial charge is 0.493 e. The van der Waals surface area contributed by atoms with Crippen LogP contribution in [0.25, 0.3) is 11.5 Å². The Hall–Kier alpha value is -2.81. The van der Waals surface area contributed by atoms with Crippen molar-refractivity contribution in [3.05, 3.63) is 47.5 Å². The Morgan fingerprint density at radius 3 is 2.33 bits per heavy atom. The lowest BCUT2D eigenvalue weighted by atomic mass is 10.2. The molecule has 1 aromatic heterocycles. The maximum Gasteiger partial charge on any atom is 0.277 e. The van der Waals surface area contributed by atoms with Crippen LogP contribution in [0, 0.1) is 11.6 Å². The van der Waals surface area contributed by atoms with Crippen LogP contribution in [-0.2, 0) is 5.75 Å². The van der Waals surface area contributed by atoms with Gasteiger partial charge in [0.2, 0.25) is 11.6 Å². The minimum atomic E-state index is -0.892. The van der Waals surface area contributed by atoms with Crippen LogP contribution in [0.5, 0.6) is 17.2 Å². The summed E-state index contributed by atoms with van der Waals surface area (Å²) in [5.41, 5.74) is 0.785. The SMILES string of the molecule is COc1cc(-c2nnc(SCc3cccc(F)c3F)o2)cc(OC)c1OC. The molecule has 3 aromatic rings. The van der Waals surface area contributed by atoms with Crippen LogP contribution in [0.1, 0.15) is 5.56 Å². The number of methoxy groups -OCH3 is 3. The predicted molar refractivity (Wildman–Crippen MR) is 95.3 cm³/mol. The molecule has 6 nitrogen and oxygen atoms in total. The zero-order valence-electron chi connectivity index (χ0n) is 14.8. The molecule has 1 heterocycles. The molecule has 142 valence electrons. The van der Waals surface area contributed by atoms with Crippen LogP contribution < -0.4 is 14.2 Å². The highest BCUT2D eigenvalue weighted by molar-refractivity contribution is 7.98. The van der Waals surface area contributed by atoms with Crippen LogP contribution in [-0.4, -0.2) is 31.5 Å². The Morgan fingerprint density at radius 2 is 1.70 bits per heavy atom. The fourth-order valence-electron chi connectivity index (χ4n) is 2.39. The van der Waals surface area contributed by atoms with Crippen molar-refractivity contribution < 1.29 is 27.4 Å². The third-order valence-corrected chi connectivity index (χ3v) is 4.57. The smallest absolute Gasteiger partial charge is 0.277 e. The van der Waals surface area contributed by atoms with Gasteiger partial charge in [0.25, 0.3) is 5.22 Å². The summed E-state index contributed by atoms with van der Waals surface area (Å²) in [5.74, 6) is -0.0512. The predicted octanol–water partition coefficient (Wildman–Crippen LogP) is 4.33. The van der Waals surface area contributed by atoms with Crippen molar-refractivity contribution in [3.63, 3.8) is 0 Å². The zero-order valence-corrected chi connectivity index (χ0v) is 15.6. The third kappa shape index (κ3) is 3.97. The van der Waals surface area contributed by atoms with Gasteiger partial charge in [-0.25, -0.2) is 8.78 Å². The number of thioether (sulfide) groups is 1. The van der Waals surface area contributed by atoms with Crippen molar-refractivity contribution in [2.24, 2.45) is 0 Å². The van der Waals surface area contributed by atoms with Gasteiger partial charge in [0.05, 0.1) is 21.3 Å². The number of hydrogen-bond donors (Lipinski definition) is 0. The van der Waals surface area contributed by atoms with Gasteiger partial charge in [-0.1, -0.05) is 23.9 Å². The first kappa shape index (κ1) is 19.0. The summed E-state index contributed by atoms with van der Waals surface area (Å²) in [6, 6.07) is 7.37. The van der Waals surface area contributed by atoms with Gasteiger partial charge >= 0.3 is 0 Å². The van der Waals surface area contributed by atoms with E-state index in [0.717, 1.165) is 17.8 Å². The van der Waals surface area contributed by atoms with Crippen molar-refractivity contribution in [2.45, 2.75) is 11.0 Å². The lowest BCUT2D eigenvalue weighted by Gasteiger charge is -2.12. The first-order valence-corrected chi connectivity index (χ1v) is 8.75. The van der Waals surface area contributed by atoms with Gasteiger partial charge in [0.1, 0.15) is 0 Å². The monoisotopic (exact) mass is 394 g/mol. The maximum absolute atomic E-state index is 13.7. The molecule has 0 aliphatic heterocycles. The molecule has 0 spiro atoms. The zero-order chi connectivity index (χ0) is 19.4. The summed E-state index contributed by atoms with van der Waals surface area (Å²) in [6.45, 7) is 0. The Bertz CT molecular complexity index is 924. The van der Waals surface area contributed by atoms with Crippen LogP contribution >= 0.6 is 11.8 Å². The number of hydrogen-bond acceptors (Lipinski definition) is 7. The fourth-order valence-corrected chi connectivity index (χ4v) is 3.13. The molecule has 2 aromatic carbocycles. The van der Waals surface area contributed by atoms with Gasteiger partial charge in [-0.3, -0.25) is 0 Å². The average Bonchev–Trinajstić information content (AvgIpc) is 3.17. The molecule has 0 fully saturated rings. The van der Waals surface area contributed by atoms with E-state index >= 15 is 0 Å². The molecule has 0 atom stereocenters. The second kappa shape index (κ2) is 8.26. The highest BCUT2D eigenvalue weighted by Crippen LogP contribution is 2.41. The molecule has 3 rings (SSSR count). The van der Waals surface area contributed by atoms with E-state index < -0.39 is 11.6 Å². The standard InChI is InChI=1S/C18H16F2N2O4S/c1-23-13-7-11(8-14(24-2)16(13)25-3)17-21-22-18(26-17)27-9-10-5-4-6-12(19)15(10)20/h4-8H,9H2,1-3H3. The van der Waals surface area contributed by atoms with Crippen molar-refractivity contribution in [2.75, 3.05) is 21.3 Å². The normalized spacial score (nSPS) is 10.7. The molecular formula is C18H16F2N2O4S. The summed E-state index contributed by atoms with van der Waals surface area (Å²) in [4.78, 5) is 0. The number of rotatable bonds is 7. The summed E-state index contributed by atoms with van der Waals surface area (Å²) in [5, 5.41) is 8.14. The number of benzene rings is 2. The number of nitrogens with zero attached hydrogens (tertiary/aromatic N) is 2. The minimum Gasteiger partial charge on any atom is -0.493 e. The number of ether oxygens (including phenoxy) is 3. The van der Waals surface area contributed by atoms with Gasteiger partial charge in [0, 0.05) is 16.9 Å². The van der Waals surface area contributed by atoms with E-state index in [0.29, 0.717) is 22.8 Å². The molecule has 0 N–H and O–H groups in total. The van der Waals surface area contributed by atoms with Crippen LogP contribution in [0.3, 0.4) is 0 Å². The molecule has 0 bridgehead atoms. The van der Waals surface area contributed by atoms with E-state index in [-0.39, 0.29) is 22.4 Å². The van der Waals surface area contributed by atoms with Gasteiger partial charge < -0.3 is 18.6 Å². The van der Waals surface area contributed by atoms with Gasteiger partial charge in [-0.2, -0.15) is 0 Å². The first-order chi connectivity index (χ1) is 13.1. The Labute approximate surface area is 158 Å². The molecule has 27 heavy (non-hydrogen) atoms. The summed E-state index contributed by atoms with van der Waals surface area (Å²) in [6.07, 6.45) is 0. The summed E-state index contributed by atoms with van der Waals surface area (Å²) >= 11 is 1.11. The van der Waals surface area contributed by atoms with Gasteiger partial charge in [-0.15, -0.1) is 10.2 Å². The molecular weight excluding hydrogens is 378 g/mol. The lowest BCUT2D eigenvalue weighted by Crippen LogP contribution is -1.95. The van der Waals surface area contributed by atoms with E-state index in [1.54, 1.807) is 12.1 Å². The fraction of sp³-hybridized carbons (Fsp3) is 0.222. The molecule has 0 aliphatic carbocycles. The van der Waals surface area contributed by atoms with Crippen molar-refractivity contribution >= 4 is 11.8 Å². The highest BCUT2D eigenvalue weighted by atomic mass is 32.2. The average molecular weight is 394 g/mol. The minimum absolute atomic E-state index is 0.153. The summed E-state index contributed by atoms with van der Waals surface area (Å²) < 4.78 is 48.5. The van der Waals surface area contributed by atoms with Crippen LogP contribution in [0.2, 0.25) is 0 Å². The van der Waals surface area contributed by atoms with E-state index in [9.17, 15) is 8.78 Å². The van der Waals surface area contributed by atoms with E-state index in [2.05, 4.69) is 10.2 Å². The Morgan fingerprint density at radius 1 is 1.00 bits per heavy atom. The van der Waals surface area contributed by atoms with Gasteiger partial charge in [-0.05, 0) is 18.2 Å². The van der Waals surface area contributed by atoms with Crippen molar-refractivity contribution in [3.8, 4) is 28.7 Å². The first-order valence-electron chi connectivity index (χ1n) is 7.77. The third-order valence-electron chi connectivity index (χ3n) is 3.70. The van der Waals surface area contributed by atoms with Crippen LogP contribution in [0.4, 0.5) is 8.78 Å².